The lowest BCUT2D eigenvalue weighted by atomic mass is 10.1. The van der Waals surface area contributed by atoms with Crippen molar-refractivity contribution in [2.75, 3.05) is 7.11 Å². The number of nitrogens with one attached hydrogen (secondary N) is 2. The predicted octanol–water partition coefficient (Wildman–Crippen LogP) is 3.71. The molecule has 0 unspecified atom stereocenters. The average Bonchev–Trinajstić information content (AvgIpc) is 3.25. The number of para-hydroxylation sites is 1. The number of phenolic OH excluding ortho intramolecular Hbond substituents is 1. The molecule has 3 N–H and O–H groups in total. The van der Waals surface area contributed by atoms with Crippen LogP contribution in [0.4, 0.5) is 0 Å². The molecule has 1 aromatic heterocycles. The molecule has 4 rings (SSSR count). The summed E-state index contributed by atoms with van der Waals surface area (Å²) in [7, 11) is 1.46. The fraction of sp³-hybridized carbons (Fsp3) is 0.0455. The third kappa shape index (κ3) is 3.79. The highest BCUT2D eigenvalue weighted by molar-refractivity contribution is 5.95. The lowest BCUT2D eigenvalue weighted by Crippen LogP contribution is -2.18. The molecule has 0 aliphatic heterocycles. The monoisotopic (exact) mass is 386 g/mol. The maximum Gasteiger partial charge on any atom is 0.289 e. The molecule has 144 valence electrons. The number of hydrogen-bond donors (Lipinski definition) is 3. The Bertz CT molecular complexity index is 1210. The van der Waals surface area contributed by atoms with Crippen molar-refractivity contribution in [3.63, 3.8) is 0 Å². The molecule has 0 fully saturated rings. The van der Waals surface area contributed by atoms with Crippen LogP contribution in [0.2, 0.25) is 0 Å². The Morgan fingerprint density at radius 1 is 1.10 bits per heavy atom. The molecule has 3 aromatic carbocycles. The van der Waals surface area contributed by atoms with Crippen molar-refractivity contribution in [3.05, 3.63) is 78.0 Å². The molecule has 0 atom stereocenters. The Morgan fingerprint density at radius 3 is 2.76 bits per heavy atom. The Labute approximate surface area is 166 Å². The van der Waals surface area contributed by atoms with Gasteiger partial charge in [0.05, 0.1) is 19.0 Å². The molecule has 0 saturated carbocycles. The molecule has 0 aliphatic rings. The maximum atomic E-state index is 12.3. The number of fused-ring (bicyclic) bond motifs is 1. The highest BCUT2D eigenvalue weighted by Gasteiger charge is 2.11. The summed E-state index contributed by atoms with van der Waals surface area (Å²) in [4.78, 5) is 12.3. The van der Waals surface area contributed by atoms with E-state index in [1.54, 1.807) is 24.3 Å². The Kier molecular flexibility index (Phi) is 4.94. The smallest absolute Gasteiger partial charge is 0.289 e. The van der Waals surface area contributed by atoms with Gasteiger partial charge in [-0.1, -0.05) is 42.5 Å². The Hall–Kier alpha value is -4.13. The lowest BCUT2D eigenvalue weighted by molar-refractivity contribution is 0.0950. The van der Waals surface area contributed by atoms with E-state index in [2.05, 4.69) is 20.7 Å². The Balaban J connectivity index is 1.48. The van der Waals surface area contributed by atoms with E-state index < -0.39 is 5.91 Å². The van der Waals surface area contributed by atoms with Gasteiger partial charge in [0.25, 0.3) is 5.91 Å². The van der Waals surface area contributed by atoms with E-state index in [4.69, 9.17) is 4.74 Å². The number of hydrogen-bond acceptors (Lipinski definition) is 5. The Morgan fingerprint density at radius 2 is 1.93 bits per heavy atom. The number of nitrogens with zero attached hydrogens (tertiary/aromatic N) is 2. The van der Waals surface area contributed by atoms with Gasteiger partial charge in [0.1, 0.15) is 5.69 Å². The van der Waals surface area contributed by atoms with Crippen molar-refractivity contribution in [2.24, 2.45) is 5.10 Å². The topological polar surface area (TPSA) is 99.6 Å². The van der Waals surface area contributed by atoms with Crippen LogP contribution < -0.4 is 10.2 Å². The number of methoxy groups -OCH3 is 1. The standard InChI is InChI=1S/C22H18N4O3/c1-29-20-8-4-7-17(21(20)27)13-23-26-22(28)19-12-18(24-25-19)16-10-9-14-5-2-3-6-15(14)11-16/h2-13,27H,1H3,(H,24,25)(H,26,28). The first-order valence-corrected chi connectivity index (χ1v) is 8.89. The second-order valence-corrected chi connectivity index (χ2v) is 6.33. The molecule has 7 heteroatoms. The van der Waals surface area contributed by atoms with E-state index in [0.717, 1.165) is 16.3 Å². The molecule has 0 spiro atoms. The van der Waals surface area contributed by atoms with Crippen molar-refractivity contribution in [2.45, 2.75) is 0 Å². The minimum atomic E-state index is -0.442. The second-order valence-electron chi connectivity index (χ2n) is 6.33. The lowest BCUT2D eigenvalue weighted by Gasteiger charge is -2.04. The fourth-order valence-electron chi connectivity index (χ4n) is 2.96. The average molecular weight is 386 g/mol. The van der Waals surface area contributed by atoms with E-state index in [1.807, 2.05) is 42.5 Å². The highest BCUT2D eigenvalue weighted by Crippen LogP contribution is 2.28. The SMILES string of the molecule is COc1cccc(C=NNC(=O)c2cc(-c3ccc4ccccc4c3)n[nH]2)c1O. The zero-order chi connectivity index (χ0) is 20.2. The highest BCUT2D eigenvalue weighted by atomic mass is 16.5. The molecule has 29 heavy (non-hydrogen) atoms. The third-order valence-electron chi connectivity index (χ3n) is 4.49. The summed E-state index contributed by atoms with van der Waals surface area (Å²) in [5.74, 6) is -0.162. The van der Waals surface area contributed by atoms with E-state index >= 15 is 0 Å². The summed E-state index contributed by atoms with van der Waals surface area (Å²) in [6, 6.07) is 20.7. The molecular weight excluding hydrogens is 368 g/mol. The number of aromatic hydroxyl groups is 1. The zero-order valence-electron chi connectivity index (χ0n) is 15.6. The summed E-state index contributed by atoms with van der Waals surface area (Å²) >= 11 is 0. The van der Waals surface area contributed by atoms with Gasteiger partial charge in [-0.05, 0) is 35.0 Å². The van der Waals surface area contributed by atoms with Crippen molar-refractivity contribution >= 4 is 22.9 Å². The normalized spacial score (nSPS) is 11.1. The molecule has 0 bridgehead atoms. The maximum absolute atomic E-state index is 12.3. The van der Waals surface area contributed by atoms with Gasteiger partial charge in [0, 0.05) is 11.1 Å². The predicted molar refractivity (Wildman–Crippen MR) is 111 cm³/mol. The summed E-state index contributed by atoms with van der Waals surface area (Å²) in [5.41, 5.74) is 4.68. The molecule has 4 aromatic rings. The van der Waals surface area contributed by atoms with Gasteiger partial charge in [-0.2, -0.15) is 10.2 Å². The summed E-state index contributed by atoms with van der Waals surface area (Å²) in [5, 5.41) is 23.1. The third-order valence-corrected chi connectivity index (χ3v) is 4.49. The minimum Gasteiger partial charge on any atom is -0.504 e. The van der Waals surface area contributed by atoms with Gasteiger partial charge < -0.3 is 9.84 Å². The van der Waals surface area contributed by atoms with Crippen LogP contribution in [-0.4, -0.2) is 34.5 Å². The number of aromatic nitrogens is 2. The van der Waals surface area contributed by atoms with E-state index in [1.165, 1.54) is 13.3 Å². The number of amides is 1. The first-order valence-electron chi connectivity index (χ1n) is 8.89. The summed E-state index contributed by atoms with van der Waals surface area (Å²) in [6.07, 6.45) is 1.34. The molecule has 0 radical (unpaired) electrons. The van der Waals surface area contributed by atoms with Crippen molar-refractivity contribution in [3.8, 4) is 22.8 Å². The van der Waals surface area contributed by atoms with Crippen LogP contribution >= 0.6 is 0 Å². The summed E-state index contributed by atoms with van der Waals surface area (Å²) in [6.45, 7) is 0. The number of H-pyrrole nitrogens is 1. The van der Waals surface area contributed by atoms with Crippen LogP contribution in [0, 0.1) is 0 Å². The first kappa shape index (κ1) is 18.2. The minimum absolute atomic E-state index is 0.0480. The number of rotatable bonds is 5. The van der Waals surface area contributed by atoms with Gasteiger partial charge in [0.2, 0.25) is 0 Å². The number of hydrazone groups is 1. The molecule has 0 saturated heterocycles. The van der Waals surface area contributed by atoms with E-state index in [0.29, 0.717) is 17.0 Å². The number of aromatic amines is 1. The zero-order valence-corrected chi connectivity index (χ0v) is 15.6. The van der Waals surface area contributed by atoms with Crippen molar-refractivity contribution in [1.29, 1.82) is 0 Å². The summed E-state index contributed by atoms with van der Waals surface area (Å²) < 4.78 is 5.04. The first-order chi connectivity index (χ1) is 14.2. The van der Waals surface area contributed by atoms with Crippen molar-refractivity contribution < 1.29 is 14.6 Å². The molecular formula is C22H18N4O3. The van der Waals surface area contributed by atoms with Gasteiger partial charge in [-0.25, -0.2) is 5.43 Å². The van der Waals surface area contributed by atoms with Gasteiger partial charge in [-0.3, -0.25) is 9.89 Å². The number of ether oxygens (including phenoxy) is 1. The quantitative estimate of drug-likeness (QED) is 0.360. The number of carbonyl (C=O) groups is 1. The van der Waals surface area contributed by atoms with Crippen LogP contribution in [0.3, 0.4) is 0 Å². The fourth-order valence-corrected chi connectivity index (χ4v) is 2.96. The molecule has 1 heterocycles. The molecule has 7 nitrogen and oxygen atoms in total. The number of benzene rings is 3. The van der Waals surface area contributed by atoms with E-state index in [-0.39, 0.29) is 11.4 Å². The van der Waals surface area contributed by atoms with Crippen molar-refractivity contribution in [1.82, 2.24) is 15.6 Å². The number of carbonyl (C=O) groups excluding carboxylic acids is 1. The van der Waals surface area contributed by atoms with Gasteiger partial charge in [-0.15, -0.1) is 0 Å². The largest absolute Gasteiger partial charge is 0.504 e. The van der Waals surface area contributed by atoms with Gasteiger partial charge in [0.15, 0.2) is 11.5 Å². The van der Waals surface area contributed by atoms with Crippen LogP contribution in [0.5, 0.6) is 11.5 Å². The van der Waals surface area contributed by atoms with Crippen LogP contribution in [0.1, 0.15) is 16.1 Å². The van der Waals surface area contributed by atoms with E-state index in [9.17, 15) is 9.90 Å². The second kappa shape index (κ2) is 7.85. The number of phenols is 1. The van der Waals surface area contributed by atoms with Crippen LogP contribution in [0.25, 0.3) is 22.0 Å². The van der Waals surface area contributed by atoms with Gasteiger partial charge >= 0.3 is 0 Å². The van der Waals surface area contributed by atoms with Crippen LogP contribution in [0.15, 0.2) is 71.8 Å². The molecule has 0 aliphatic carbocycles. The van der Waals surface area contributed by atoms with Crippen LogP contribution in [-0.2, 0) is 0 Å². The molecule has 1 amide bonds.